The van der Waals surface area contributed by atoms with Crippen LogP contribution in [0.25, 0.3) is 0 Å². The van der Waals surface area contributed by atoms with Gasteiger partial charge in [-0.3, -0.25) is 0 Å². The summed E-state index contributed by atoms with van der Waals surface area (Å²) in [5, 5.41) is 0. The predicted octanol–water partition coefficient (Wildman–Crippen LogP) is -0.616. The van der Waals surface area contributed by atoms with Crippen molar-refractivity contribution < 1.29 is 13.2 Å². The molecular formula is C9H23N3O3S. The van der Waals surface area contributed by atoms with Crippen molar-refractivity contribution >= 4 is 10.2 Å². The Bertz CT molecular complexity index is 269. The van der Waals surface area contributed by atoms with Crippen LogP contribution in [0.5, 0.6) is 0 Å². The number of ether oxygens (including phenoxy) is 1. The van der Waals surface area contributed by atoms with Crippen molar-refractivity contribution in [1.29, 1.82) is 0 Å². The van der Waals surface area contributed by atoms with Gasteiger partial charge < -0.3 is 10.5 Å². The van der Waals surface area contributed by atoms with E-state index in [2.05, 4.69) is 4.72 Å². The molecule has 0 rings (SSSR count). The van der Waals surface area contributed by atoms with Crippen LogP contribution in [-0.4, -0.2) is 52.6 Å². The lowest BCUT2D eigenvalue weighted by Crippen LogP contribution is -2.44. The van der Waals surface area contributed by atoms with Gasteiger partial charge in [-0.15, -0.1) is 0 Å². The fourth-order valence-electron chi connectivity index (χ4n) is 1.18. The summed E-state index contributed by atoms with van der Waals surface area (Å²) in [6.45, 7) is 5.73. The summed E-state index contributed by atoms with van der Waals surface area (Å²) in [5.41, 5.74) is 5.48. The molecule has 0 fully saturated rings. The second-order valence-electron chi connectivity index (χ2n) is 3.68. The van der Waals surface area contributed by atoms with E-state index in [1.54, 1.807) is 6.92 Å². The molecule has 7 heteroatoms. The topological polar surface area (TPSA) is 84.7 Å². The highest BCUT2D eigenvalue weighted by molar-refractivity contribution is 7.87. The van der Waals surface area contributed by atoms with Crippen molar-refractivity contribution in [3.05, 3.63) is 0 Å². The van der Waals surface area contributed by atoms with E-state index in [0.717, 1.165) is 0 Å². The Labute approximate surface area is 98.3 Å². The molecule has 0 saturated carbocycles. The molecule has 0 radical (unpaired) electrons. The van der Waals surface area contributed by atoms with Crippen molar-refractivity contribution in [3.63, 3.8) is 0 Å². The average Bonchev–Trinajstić information content (AvgIpc) is 2.25. The molecule has 16 heavy (non-hydrogen) atoms. The monoisotopic (exact) mass is 253 g/mol. The highest BCUT2D eigenvalue weighted by atomic mass is 32.2. The van der Waals surface area contributed by atoms with Gasteiger partial charge in [0.05, 0.1) is 6.61 Å². The molecule has 0 bridgehead atoms. The maximum Gasteiger partial charge on any atom is 0.279 e. The molecule has 0 aromatic carbocycles. The maximum atomic E-state index is 11.8. The van der Waals surface area contributed by atoms with Gasteiger partial charge in [0.1, 0.15) is 0 Å². The molecule has 3 N–H and O–H groups in total. The average molecular weight is 253 g/mol. The van der Waals surface area contributed by atoms with E-state index in [1.165, 1.54) is 11.4 Å². The molecule has 1 unspecified atom stereocenters. The van der Waals surface area contributed by atoms with Crippen LogP contribution in [0.2, 0.25) is 0 Å². The van der Waals surface area contributed by atoms with Crippen molar-refractivity contribution in [3.8, 4) is 0 Å². The number of hydrogen-bond donors (Lipinski definition) is 2. The number of hydrogen-bond acceptors (Lipinski definition) is 4. The third kappa shape index (κ3) is 5.76. The third-order valence-electron chi connectivity index (χ3n) is 2.20. The van der Waals surface area contributed by atoms with Gasteiger partial charge in [-0.2, -0.15) is 17.4 Å². The highest BCUT2D eigenvalue weighted by Gasteiger charge is 2.20. The van der Waals surface area contributed by atoms with E-state index in [1.807, 2.05) is 6.92 Å². The van der Waals surface area contributed by atoms with Crippen LogP contribution >= 0.6 is 0 Å². The van der Waals surface area contributed by atoms with Crippen molar-refractivity contribution in [2.75, 3.05) is 39.9 Å². The van der Waals surface area contributed by atoms with Crippen molar-refractivity contribution in [1.82, 2.24) is 9.03 Å². The summed E-state index contributed by atoms with van der Waals surface area (Å²) in [5.74, 6) is 0.152. The van der Waals surface area contributed by atoms with Gasteiger partial charge >= 0.3 is 0 Å². The van der Waals surface area contributed by atoms with E-state index in [4.69, 9.17) is 10.5 Å². The summed E-state index contributed by atoms with van der Waals surface area (Å²) in [6, 6.07) is 0. The fourth-order valence-corrected chi connectivity index (χ4v) is 2.50. The van der Waals surface area contributed by atoms with Crippen molar-refractivity contribution in [2.24, 2.45) is 11.7 Å². The van der Waals surface area contributed by atoms with Gasteiger partial charge in [0.2, 0.25) is 0 Å². The fraction of sp³-hybridized carbons (Fsp3) is 1.00. The second-order valence-corrected chi connectivity index (χ2v) is 5.44. The Balaban J connectivity index is 4.31. The summed E-state index contributed by atoms with van der Waals surface area (Å²) < 4.78 is 32.3. The summed E-state index contributed by atoms with van der Waals surface area (Å²) >= 11 is 0. The standard InChI is InChI=1S/C9H23N3O3S/c1-4-12(8-9(2)7-10)16(13,14)11-5-6-15-3/h9,11H,4-8,10H2,1-3H3. The number of methoxy groups -OCH3 is 1. The van der Waals surface area contributed by atoms with Crippen LogP contribution < -0.4 is 10.5 Å². The summed E-state index contributed by atoms with van der Waals surface area (Å²) in [7, 11) is -1.87. The molecule has 98 valence electrons. The molecule has 0 aliphatic heterocycles. The Morgan fingerprint density at radius 3 is 2.56 bits per heavy atom. The Morgan fingerprint density at radius 1 is 1.50 bits per heavy atom. The summed E-state index contributed by atoms with van der Waals surface area (Å²) in [4.78, 5) is 0. The highest BCUT2D eigenvalue weighted by Crippen LogP contribution is 2.03. The molecule has 0 spiro atoms. The van der Waals surface area contributed by atoms with Crippen LogP contribution in [0.15, 0.2) is 0 Å². The minimum absolute atomic E-state index is 0.152. The van der Waals surface area contributed by atoms with Gasteiger partial charge in [0.15, 0.2) is 0 Å². The van der Waals surface area contributed by atoms with E-state index in [-0.39, 0.29) is 12.5 Å². The van der Waals surface area contributed by atoms with Gasteiger partial charge in [0, 0.05) is 26.7 Å². The lowest BCUT2D eigenvalue weighted by Gasteiger charge is -2.23. The first-order valence-corrected chi connectivity index (χ1v) is 6.85. The minimum Gasteiger partial charge on any atom is -0.383 e. The molecule has 0 aliphatic carbocycles. The molecule has 0 heterocycles. The van der Waals surface area contributed by atoms with Gasteiger partial charge in [0.25, 0.3) is 10.2 Å². The van der Waals surface area contributed by atoms with Gasteiger partial charge in [-0.05, 0) is 12.5 Å². The molecule has 1 atom stereocenters. The zero-order chi connectivity index (χ0) is 12.6. The van der Waals surface area contributed by atoms with E-state index in [0.29, 0.717) is 26.2 Å². The molecule has 0 amide bonds. The molecule has 0 aromatic heterocycles. The Hall–Kier alpha value is -0.210. The number of rotatable bonds is 9. The van der Waals surface area contributed by atoms with Crippen LogP contribution in [0.4, 0.5) is 0 Å². The van der Waals surface area contributed by atoms with E-state index < -0.39 is 10.2 Å². The number of nitrogens with two attached hydrogens (primary N) is 1. The predicted molar refractivity (Wildman–Crippen MR) is 64.3 cm³/mol. The first-order chi connectivity index (χ1) is 7.47. The summed E-state index contributed by atoms with van der Waals surface area (Å²) in [6.07, 6.45) is 0. The largest absolute Gasteiger partial charge is 0.383 e. The third-order valence-corrected chi connectivity index (χ3v) is 3.86. The first-order valence-electron chi connectivity index (χ1n) is 5.41. The first kappa shape index (κ1) is 15.8. The van der Waals surface area contributed by atoms with Gasteiger partial charge in [-0.1, -0.05) is 13.8 Å². The molecule has 0 aromatic rings. The van der Waals surface area contributed by atoms with Crippen LogP contribution in [0.3, 0.4) is 0 Å². The zero-order valence-corrected chi connectivity index (χ0v) is 11.1. The molecule has 0 aliphatic rings. The zero-order valence-electron chi connectivity index (χ0n) is 10.3. The number of nitrogens with one attached hydrogen (secondary N) is 1. The Kier molecular flexibility index (Phi) is 7.86. The van der Waals surface area contributed by atoms with Gasteiger partial charge in [-0.25, -0.2) is 0 Å². The molecule has 0 saturated heterocycles. The van der Waals surface area contributed by atoms with E-state index in [9.17, 15) is 8.42 Å². The van der Waals surface area contributed by atoms with Crippen molar-refractivity contribution in [2.45, 2.75) is 13.8 Å². The smallest absolute Gasteiger partial charge is 0.279 e. The minimum atomic E-state index is -3.40. The van der Waals surface area contributed by atoms with Crippen LogP contribution in [0.1, 0.15) is 13.8 Å². The second kappa shape index (κ2) is 7.97. The molecule has 6 nitrogen and oxygen atoms in total. The maximum absolute atomic E-state index is 11.8. The van der Waals surface area contributed by atoms with E-state index >= 15 is 0 Å². The molecular weight excluding hydrogens is 230 g/mol. The number of nitrogens with zero attached hydrogens (tertiary/aromatic N) is 1. The lowest BCUT2D eigenvalue weighted by molar-refractivity contribution is 0.203. The Morgan fingerprint density at radius 2 is 2.12 bits per heavy atom. The SMILES string of the molecule is CCN(CC(C)CN)S(=O)(=O)NCCOC. The quantitative estimate of drug-likeness (QED) is 0.537. The van der Waals surface area contributed by atoms with Crippen LogP contribution in [0, 0.1) is 5.92 Å². The van der Waals surface area contributed by atoms with Crippen LogP contribution in [-0.2, 0) is 14.9 Å². The lowest BCUT2D eigenvalue weighted by atomic mass is 10.2. The normalized spacial score (nSPS) is 14.3.